The molecule has 8 heteroatoms. The summed E-state index contributed by atoms with van der Waals surface area (Å²) in [5.74, 6) is -1.44. The summed E-state index contributed by atoms with van der Waals surface area (Å²) < 4.78 is 30.7. The van der Waals surface area contributed by atoms with Crippen molar-refractivity contribution in [3.8, 4) is 0 Å². The molecule has 0 fully saturated rings. The third kappa shape index (κ3) is 6.27. The quantitative estimate of drug-likeness (QED) is 0.681. The van der Waals surface area contributed by atoms with Crippen LogP contribution in [0, 0.1) is 0 Å². The van der Waals surface area contributed by atoms with Gasteiger partial charge in [0.1, 0.15) is 11.8 Å². The highest BCUT2D eigenvalue weighted by Gasteiger charge is 2.18. The van der Waals surface area contributed by atoms with E-state index in [4.69, 9.17) is 4.74 Å². The van der Waals surface area contributed by atoms with Crippen LogP contribution in [0.1, 0.15) is 67.3 Å². The van der Waals surface area contributed by atoms with Gasteiger partial charge < -0.3 is 4.74 Å². The van der Waals surface area contributed by atoms with Crippen LogP contribution in [-0.2, 0) is 14.8 Å². The molecule has 0 aliphatic heterocycles. The summed E-state index contributed by atoms with van der Waals surface area (Å²) in [5.41, 5.74) is 0.140. The number of sulfonamides is 1. The van der Waals surface area contributed by atoms with Crippen molar-refractivity contribution < 1.29 is 22.7 Å². The molecule has 0 saturated heterocycles. The molecular formula is C16H24N2O5S. The Morgan fingerprint density at radius 2 is 1.88 bits per heavy atom. The van der Waals surface area contributed by atoms with Gasteiger partial charge in [-0.1, -0.05) is 27.2 Å². The number of hydrogen-bond acceptors (Lipinski definition) is 6. The molecule has 0 spiro atoms. The van der Waals surface area contributed by atoms with Crippen molar-refractivity contribution in [1.29, 1.82) is 0 Å². The number of amides is 1. The molecule has 24 heavy (non-hydrogen) atoms. The number of pyridine rings is 1. The van der Waals surface area contributed by atoms with Crippen molar-refractivity contribution in [2.24, 2.45) is 0 Å². The van der Waals surface area contributed by atoms with E-state index in [0.29, 0.717) is 25.7 Å². The molecule has 0 bridgehead atoms. The monoisotopic (exact) mass is 356 g/mol. The second-order valence-electron chi connectivity index (χ2n) is 5.38. The lowest BCUT2D eigenvalue weighted by Crippen LogP contribution is -2.32. The molecule has 1 aromatic heterocycles. The zero-order valence-electron chi connectivity index (χ0n) is 14.2. The fourth-order valence-electron chi connectivity index (χ4n) is 1.90. The highest BCUT2D eigenvalue weighted by Crippen LogP contribution is 2.08. The lowest BCUT2D eigenvalue weighted by atomic mass is 10.2. The van der Waals surface area contributed by atoms with Gasteiger partial charge in [0.2, 0.25) is 10.0 Å². The molecule has 0 saturated carbocycles. The van der Waals surface area contributed by atoms with E-state index in [0.717, 1.165) is 6.20 Å². The van der Waals surface area contributed by atoms with E-state index in [1.165, 1.54) is 12.1 Å². The summed E-state index contributed by atoms with van der Waals surface area (Å²) in [6.07, 6.45) is 3.59. The van der Waals surface area contributed by atoms with E-state index < -0.39 is 21.9 Å². The minimum atomic E-state index is -3.66. The molecule has 0 radical (unpaired) electrons. The first-order valence-corrected chi connectivity index (χ1v) is 9.70. The van der Waals surface area contributed by atoms with Crippen molar-refractivity contribution in [3.05, 3.63) is 29.6 Å². The summed E-state index contributed by atoms with van der Waals surface area (Å²) in [7, 11) is -3.66. The van der Waals surface area contributed by atoms with Gasteiger partial charge >= 0.3 is 5.97 Å². The van der Waals surface area contributed by atoms with Crippen LogP contribution in [0.4, 0.5) is 0 Å². The van der Waals surface area contributed by atoms with Crippen molar-refractivity contribution in [1.82, 2.24) is 9.71 Å². The number of carbonyl (C=O) groups excluding carboxylic acids is 2. The van der Waals surface area contributed by atoms with Gasteiger partial charge in [-0.05, 0) is 31.4 Å². The SMILES string of the molecule is CCCCS(=O)(=O)NC(=O)c1ccc(C(=O)OC(CC)CC)nc1. The Morgan fingerprint density at radius 1 is 1.21 bits per heavy atom. The molecule has 0 aromatic carbocycles. The fraction of sp³-hybridized carbons (Fsp3) is 0.562. The Bertz CT molecular complexity index is 652. The number of nitrogens with one attached hydrogen (secondary N) is 1. The first kappa shape index (κ1) is 20.1. The number of aromatic nitrogens is 1. The molecule has 0 aliphatic carbocycles. The Morgan fingerprint density at radius 3 is 2.38 bits per heavy atom. The zero-order valence-corrected chi connectivity index (χ0v) is 15.1. The van der Waals surface area contributed by atoms with Gasteiger partial charge in [-0.2, -0.15) is 0 Å². The van der Waals surface area contributed by atoms with Gasteiger partial charge in [0.25, 0.3) is 5.91 Å². The van der Waals surface area contributed by atoms with Crippen LogP contribution in [0.3, 0.4) is 0 Å². The van der Waals surface area contributed by atoms with Gasteiger partial charge in [-0.25, -0.2) is 22.9 Å². The maximum absolute atomic E-state index is 11.9. The van der Waals surface area contributed by atoms with Crippen LogP contribution in [-0.4, -0.2) is 37.1 Å². The average molecular weight is 356 g/mol. The van der Waals surface area contributed by atoms with Gasteiger partial charge in [-0.3, -0.25) is 4.79 Å². The molecule has 0 unspecified atom stereocenters. The topological polar surface area (TPSA) is 102 Å². The Balaban J connectivity index is 2.73. The normalized spacial score (nSPS) is 11.3. The van der Waals surface area contributed by atoms with Crippen LogP contribution >= 0.6 is 0 Å². The Kier molecular flexibility index (Phi) is 7.84. The van der Waals surface area contributed by atoms with Crippen molar-refractivity contribution in [3.63, 3.8) is 0 Å². The lowest BCUT2D eigenvalue weighted by Gasteiger charge is -2.13. The molecule has 7 nitrogen and oxygen atoms in total. The molecule has 1 heterocycles. The Labute approximate surface area is 142 Å². The number of carbonyl (C=O) groups is 2. The standard InChI is InChI=1S/C16H24N2O5S/c1-4-7-10-24(21,22)18-15(19)12-8-9-14(17-11-12)16(20)23-13(5-2)6-3/h8-9,11,13H,4-7,10H2,1-3H3,(H,18,19). The van der Waals surface area contributed by atoms with Crippen LogP contribution in [0.2, 0.25) is 0 Å². The maximum atomic E-state index is 11.9. The zero-order chi connectivity index (χ0) is 18.2. The number of esters is 1. The van der Waals surface area contributed by atoms with E-state index in [-0.39, 0.29) is 23.1 Å². The van der Waals surface area contributed by atoms with Gasteiger partial charge in [0.05, 0.1) is 11.3 Å². The summed E-state index contributed by atoms with van der Waals surface area (Å²) in [5, 5.41) is 0. The second kappa shape index (κ2) is 9.36. The van der Waals surface area contributed by atoms with Crippen LogP contribution in [0.25, 0.3) is 0 Å². The van der Waals surface area contributed by atoms with Crippen LogP contribution < -0.4 is 4.72 Å². The van der Waals surface area contributed by atoms with E-state index in [1.807, 2.05) is 25.5 Å². The Hall–Kier alpha value is -1.96. The average Bonchev–Trinajstić information content (AvgIpc) is 2.57. The third-order valence-electron chi connectivity index (χ3n) is 3.43. The number of ether oxygens (including phenoxy) is 1. The molecule has 1 amide bonds. The minimum absolute atomic E-state index is 0.0640. The summed E-state index contributed by atoms with van der Waals surface area (Å²) in [4.78, 5) is 27.7. The summed E-state index contributed by atoms with van der Waals surface area (Å²) in [6.45, 7) is 5.70. The highest BCUT2D eigenvalue weighted by molar-refractivity contribution is 7.90. The van der Waals surface area contributed by atoms with Crippen LogP contribution in [0.5, 0.6) is 0 Å². The first-order chi connectivity index (χ1) is 11.3. The highest BCUT2D eigenvalue weighted by atomic mass is 32.2. The van der Waals surface area contributed by atoms with E-state index in [9.17, 15) is 18.0 Å². The lowest BCUT2D eigenvalue weighted by molar-refractivity contribution is 0.0277. The number of unbranched alkanes of at least 4 members (excludes halogenated alkanes) is 1. The molecule has 0 aliphatic rings. The van der Waals surface area contributed by atoms with Crippen molar-refractivity contribution in [2.75, 3.05) is 5.75 Å². The fourth-order valence-corrected chi connectivity index (χ4v) is 3.07. The smallest absolute Gasteiger partial charge is 0.357 e. The van der Waals surface area contributed by atoms with Gasteiger partial charge in [0, 0.05) is 6.20 Å². The predicted molar refractivity (Wildman–Crippen MR) is 90.2 cm³/mol. The van der Waals surface area contributed by atoms with Crippen molar-refractivity contribution in [2.45, 2.75) is 52.6 Å². The number of rotatable bonds is 9. The van der Waals surface area contributed by atoms with Gasteiger partial charge in [0.15, 0.2) is 0 Å². The van der Waals surface area contributed by atoms with Gasteiger partial charge in [-0.15, -0.1) is 0 Å². The van der Waals surface area contributed by atoms with E-state index in [2.05, 4.69) is 4.98 Å². The van der Waals surface area contributed by atoms with E-state index >= 15 is 0 Å². The molecule has 1 rings (SSSR count). The third-order valence-corrected chi connectivity index (χ3v) is 4.76. The molecular weight excluding hydrogens is 332 g/mol. The molecule has 1 N–H and O–H groups in total. The maximum Gasteiger partial charge on any atom is 0.357 e. The summed E-state index contributed by atoms with van der Waals surface area (Å²) >= 11 is 0. The second-order valence-corrected chi connectivity index (χ2v) is 7.22. The molecule has 0 atom stereocenters. The van der Waals surface area contributed by atoms with E-state index in [1.54, 1.807) is 0 Å². The van der Waals surface area contributed by atoms with Crippen LogP contribution in [0.15, 0.2) is 18.3 Å². The summed E-state index contributed by atoms with van der Waals surface area (Å²) in [6, 6.07) is 2.69. The first-order valence-electron chi connectivity index (χ1n) is 8.04. The van der Waals surface area contributed by atoms with Crippen molar-refractivity contribution >= 4 is 21.9 Å². The number of nitrogens with zero attached hydrogens (tertiary/aromatic N) is 1. The molecule has 134 valence electrons. The number of hydrogen-bond donors (Lipinski definition) is 1. The largest absolute Gasteiger partial charge is 0.458 e. The predicted octanol–water partition coefficient (Wildman–Crippen LogP) is 2.29. The minimum Gasteiger partial charge on any atom is -0.458 e. The molecule has 1 aromatic rings.